The van der Waals surface area contributed by atoms with Crippen LogP contribution in [0.5, 0.6) is 0 Å². The van der Waals surface area contributed by atoms with Crippen LogP contribution in [0.4, 0.5) is 0 Å². The summed E-state index contributed by atoms with van der Waals surface area (Å²) in [6.07, 6.45) is 0. The number of rotatable bonds is 2. The highest BCUT2D eigenvalue weighted by atomic mass is 16.4. The van der Waals surface area contributed by atoms with E-state index in [1.165, 1.54) is 0 Å². The first-order chi connectivity index (χ1) is 11.2. The molecule has 1 aromatic heterocycles. The third kappa shape index (κ3) is 2.32. The smallest absolute Gasteiger partial charge is 0.347 e. The van der Waals surface area contributed by atoms with Crippen LogP contribution in [-0.2, 0) is 0 Å². The van der Waals surface area contributed by atoms with Crippen LogP contribution in [0.1, 0.15) is 15.9 Å². The summed E-state index contributed by atoms with van der Waals surface area (Å²) in [6, 6.07) is 21.9. The lowest BCUT2D eigenvalue weighted by molar-refractivity contribution is 0.103. The first-order valence-corrected chi connectivity index (χ1v) is 7.29. The molecule has 1 heterocycles. The molecule has 0 aliphatic rings. The molecule has 3 heteroatoms. The Labute approximate surface area is 131 Å². The van der Waals surface area contributed by atoms with E-state index >= 15 is 0 Å². The zero-order valence-corrected chi connectivity index (χ0v) is 12.2. The largest absolute Gasteiger partial charge is 0.422 e. The van der Waals surface area contributed by atoms with Crippen molar-refractivity contribution in [3.8, 4) is 0 Å². The van der Waals surface area contributed by atoms with Crippen molar-refractivity contribution in [2.75, 3.05) is 0 Å². The standard InChI is InChI=1S/C20H12O3/c21-19(16-10-9-13-5-1-2-6-14(13)11-16)17-12-15-7-3-4-8-18(15)23-20(17)22/h1-12H. The van der Waals surface area contributed by atoms with Crippen LogP contribution < -0.4 is 5.63 Å². The molecule has 0 radical (unpaired) electrons. The zero-order chi connectivity index (χ0) is 15.8. The van der Waals surface area contributed by atoms with E-state index in [1.54, 1.807) is 30.3 Å². The van der Waals surface area contributed by atoms with E-state index < -0.39 is 5.63 Å². The Morgan fingerprint density at radius 2 is 1.43 bits per heavy atom. The predicted octanol–water partition coefficient (Wildman–Crippen LogP) is 4.18. The van der Waals surface area contributed by atoms with Gasteiger partial charge in [0.05, 0.1) is 0 Å². The van der Waals surface area contributed by atoms with Gasteiger partial charge in [0.2, 0.25) is 0 Å². The van der Waals surface area contributed by atoms with Crippen molar-refractivity contribution in [3.05, 3.63) is 94.3 Å². The first kappa shape index (κ1) is 13.5. The van der Waals surface area contributed by atoms with Gasteiger partial charge in [-0.15, -0.1) is 0 Å². The molecule has 3 aromatic carbocycles. The van der Waals surface area contributed by atoms with Gasteiger partial charge in [0.15, 0.2) is 5.78 Å². The van der Waals surface area contributed by atoms with E-state index in [-0.39, 0.29) is 11.3 Å². The molecule has 0 unspecified atom stereocenters. The summed E-state index contributed by atoms with van der Waals surface area (Å²) in [4.78, 5) is 24.8. The van der Waals surface area contributed by atoms with Crippen molar-refractivity contribution >= 4 is 27.5 Å². The van der Waals surface area contributed by atoms with E-state index in [9.17, 15) is 9.59 Å². The Hall–Kier alpha value is -3.20. The summed E-state index contributed by atoms with van der Waals surface area (Å²) < 4.78 is 5.25. The average molecular weight is 300 g/mol. The van der Waals surface area contributed by atoms with Crippen molar-refractivity contribution < 1.29 is 9.21 Å². The van der Waals surface area contributed by atoms with Crippen LogP contribution in [0.25, 0.3) is 21.7 Å². The highest BCUT2D eigenvalue weighted by molar-refractivity contribution is 6.11. The van der Waals surface area contributed by atoms with Crippen molar-refractivity contribution in [1.82, 2.24) is 0 Å². The van der Waals surface area contributed by atoms with Crippen molar-refractivity contribution in [2.45, 2.75) is 0 Å². The van der Waals surface area contributed by atoms with Gasteiger partial charge in [0.25, 0.3) is 0 Å². The molecule has 110 valence electrons. The van der Waals surface area contributed by atoms with Gasteiger partial charge in [-0.2, -0.15) is 0 Å². The molecular formula is C20H12O3. The molecule has 23 heavy (non-hydrogen) atoms. The van der Waals surface area contributed by atoms with Gasteiger partial charge in [0.1, 0.15) is 11.1 Å². The summed E-state index contributed by atoms with van der Waals surface area (Å²) >= 11 is 0. The number of ketones is 1. The molecule has 0 bridgehead atoms. The molecule has 0 spiro atoms. The van der Waals surface area contributed by atoms with Crippen LogP contribution in [0, 0.1) is 0 Å². The maximum Gasteiger partial charge on any atom is 0.347 e. The van der Waals surface area contributed by atoms with Crippen LogP contribution in [0.3, 0.4) is 0 Å². The van der Waals surface area contributed by atoms with Gasteiger partial charge in [-0.05, 0) is 29.0 Å². The molecule has 3 nitrogen and oxygen atoms in total. The second kappa shape index (κ2) is 5.21. The highest BCUT2D eigenvalue weighted by Crippen LogP contribution is 2.19. The normalized spacial score (nSPS) is 11.0. The van der Waals surface area contributed by atoms with E-state index in [2.05, 4.69) is 0 Å². The quantitative estimate of drug-likeness (QED) is 0.412. The molecule has 0 N–H and O–H groups in total. The van der Waals surface area contributed by atoms with Crippen molar-refractivity contribution in [2.24, 2.45) is 0 Å². The van der Waals surface area contributed by atoms with Crippen molar-refractivity contribution in [3.63, 3.8) is 0 Å². The highest BCUT2D eigenvalue weighted by Gasteiger charge is 2.16. The fourth-order valence-corrected chi connectivity index (χ4v) is 2.71. The van der Waals surface area contributed by atoms with Gasteiger partial charge >= 0.3 is 5.63 Å². The summed E-state index contributed by atoms with van der Waals surface area (Å²) in [6.45, 7) is 0. The lowest BCUT2D eigenvalue weighted by Crippen LogP contribution is -2.14. The van der Waals surface area contributed by atoms with Crippen LogP contribution in [0.15, 0.2) is 82.0 Å². The fourth-order valence-electron chi connectivity index (χ4n) is 2.71. The van der Waals surface area contributed by atoms with Gasteiger partial charge in [0, 0.05) is 10.9 Å². The Morgan fingerprint density at radius 1 is 0.739 bits per heavy atom. The maximum absolute atomic E-state index is 12.7. The fraction of sp³-hybridized carbons (Fsp3) is 0. The number of carbonyl (C=O) groups excluding carboxylic acids is 1. The second-order valence-corrected chi connectivity index (χ2v) is 5.38. The van der Waals surface area contributed by atoms with E-state index in [0.29, 0.717) is 11.1 Å². The number of hydrogen-bond acceptors (Lipinski definition) is 3. The third-order valence-corrected chi connectivity index (χ3v) is 3.90. The summed E-state index contributed by atoms with van der Waals surface area (Å²) in [7, 11) is 0. The minimum Gasteiger partial charge on any atom is -0.422 e. The molecule has 0 aliphatic heterocycles. The summed E-state index contributed by atoms with van der Waals surface area (Å²) in [5.41, 5.74) is 0.402. The lowest BCUT2D eigenvalue weighted by Gasteiger charge is -2.04. The number of hydrogen-bond donors (Lipinski definition) is 0. The van der Waals surface area contributed by atoms with Gasteiger partial charge in [-0.25, -0.2) is 4.79 Å². The molecule has 0 saturated heterocycles. The van der Waals surface area contributed by atoms with E-state index in [0.717, 1.165) is 16.2 Å². The third-order valence-electron chi connectivity index (χ3n) is 3.90. The Balaban J connectivity index is 1.87. The Bertz CT molecular complexity index is 1110. The van der Waals surface area contributed by atoms with Crippen molar-refractivity contribution in [1.29, 1.82) is 0 Å². The minimum atomic E-state index is -0.609. The molecule has 0 atom stereocenters. The van der Waals surface area contributed by atoms with Crippen LogP contribution >= 0.6 is 0 Å². The number of para-hydroxylation sites is 1. The zero-order valence-electron chi connectivity index (χ0n) is 12.2. The summed E-state index contributed by atoms with van der Waals surface area (Å²) in [5, 5.41) is 2.74. The Morgan fingerprint density at radius 3 is 2.26 bits per heavy atom. The molecular weight excluding hydrogens is 288 g/mol. The van der Waals surface area contributed by atoms with Gasteiger partial charge < -0.3 is 4.42 Å². The molecule has 0 aliphatic carbocycles. The van der Waals surface area contributed by atoms with Crippen LogP contribution in [0.2, 0.25) is 0 Å². The van der Waals surface area contributed by atoms with E-state index in [4.69, 9.17) is 4.42 Å². The molecule has 0 fully saturated rings. The predicted molar refractivity (Wildman–Crippen MR) is 89.9 cm³/mol. The average Bonchev–Trinajstić information content (AvgIpc) is 2.60. The SMILES string of the molecule is O=C(c1ccc2ccccc2c1)c1cc2ccccc2oc1=O. The van der Waals surface area contributed by atoms with Gasteiger partial charge in [-0.3, -0.25) is 4.79 Å². The van der Waals surface area contributed by atoms with E-state index in [1.807, 2.05) is 42.5 Å². The van der Waals surface area contributed by atoms with Crippen LogP contribution in [-0.4, -0.2) is 5.78 Å². The minimum absolute atomic E-state index is 0.0546. The number of carbonyl (C=O) groups is 1. The second-order valence-electron chi connectivity index (χ2n) is 5.38. The molecule has 4 aromatic rings. The maximum atomic E-state index is 12.7. The first-order valence-electron chi connectivity index (χ1n) is 7.29. The molecule has 0 saturated carbocycles. The topological polar surface area (TPSA) is 47.3 Å². The van der Waals surface area contributed by atoms with Gasteiger partial charge in [-0.1, -0.05) is 54.6 Å². The number of benzene rings is 3. The monoisotopic (exact) mass is 300 g/mol. The lowest BCUT2D eigenvalue weighted by atomic mass is 10.0. The number of fused-ring (bicyclic) bond motifs is 2. The molecule has 0 amide bonds. The Kier molecular flexibility index (Phi) is 3.05. The molecule has 4 rings (SSSR count). The summed E-state index contributed by atoms with van der Waals surface area (Å²) in [5.74, 6) is -0.324.